The van der Waals surface area contributed by atoms with E-state index < -0.39 is 34.1 Å². The summed E-state index contributed by atoms with van der Waals surface area (Å²) in [6.45, 7) is 5.21. The van der Waals surface area contributed by atoms with Gasteiger partial charge in [-0.15, -0.1) is 0 Å². The van der Waals surface area contributed by atoms with Gasteiger partial charge in [-0.2, -0.15) is 0 Å². The molecule has 1 amide bonds. The van der Waals surface area contributed by atoms with E-state index in [9.17, 15) is 14.4 Å². The maximum absolute atomic E-state index is 11.8. The highest BCUT2D eigenvalue weighted by Crippen LogP contribution is 2.65. The number of carbonyl (C=O) groups is 3. The monoisotopic (exact) mass is 225 g/mol. The average molecular weight is 225 g/mol. The number of cyclic esters (lactones) is 2. The molecule has 16 heavy (non-hydrogen) atoms. The highest BCUT2D eigenvalue weighted by molar-refractivity contribution is 6.10. The summed E-state index contributed by atoms with van der Waals surface area (Å²) in [5.41, 5.74) is 2.40. The van der Waals surface area contributed by atoms with Gasteiger partial charge in [0.05, 0.1) is 5.41 Å². The maximum Gasteiger partial charge on any atom is 0.329 e. The van der Waals surface area contributed by atoms with Gasteiger partial charge < -0.3 is 10.5 Å². The molecule has 0 aromatic rings. The minimum Gasteiger partial charge on any atom is -0.392 e. The number of rotatable bonds is 1. The number of hydrogen-bond acceptors (Lipinski definition) is 4. The van der Waals surface area contributed by atoms with Crippen LogP contribution in [0.25, 0.3) is 0 Å². The molecule has 0 radical (unpaired) electrons. The van der Waals surface area contributed by atoms with Crippen LogP contribution >= 0.6 is 0 Å². The van der Waals surface area contributed by atoms with E-state index in [1.54, 1.807) is 20.8 Å². The van der Waals surface area contributed by atoms with Gasteiger partial charge in [0.2, 0.25) is 5.91 Å². The molecule has 0 spiro atoms. The van der Waals surface area contributed by atoms with E-state index in [1.165, 1.54) is 0 Å². The van der Waals surface area contributed by atoms with Crippen molar-refractivity contribution in [2.75, 3.05) is 0 Å². The molecule has 2 N–H and O–H groups in total. The minimum atomic E-state index is -1.35. The third kappa shape index (κ3) is 0.817. The number of nitrogens with two attached hydrogens (primary N) is 1. The van der Waals surface area contributed by atoms with Crippen molar-refractivity contribution in [2.45, 2.75) is 33.6 Å². The van der Waals surface area contributed by atoms with Gasteiger partial charge >= 0.3 is 11.9 Å². The second-order valence-electron chi connectivity index (χ2n) is 5.40. The summed E-state index contributed by atoms with van der Waals surface area (Å²) in [6, 6.07) is 0. The number of carbonyl (C=O) groups excluding carboxylic acids is 3. The number of fused-ring (bicyclic) bond motifs is 2. The Kier molecular flexibility index (Phi) is 1.84. The van der Waals surface area contributed by atoms with Gasteiger partial charge in [-0.1, -0.05) is 13.8 Å². The molecule has 88 valence electrons. The van der Waals surface area contributed by atoms with Gasteiger partial charge in [0.25, 0.3) is 0 Å². The molecular formula is C11H15NO4. The Morgan fingerprint density at radius 3 is 2.25 bits per heavy atom. The fourth-order valence-electron chi connectivity index (χ4n) is 3.06. The first-order chi connectivity index (χ1) is 7.20. The number of hydrogen-bond donors (Lipinski definition) is 1. The van der Waals surface area contributed by atoms with E-state index in [0.29, 0.717) is 6.42 Å². The van der Waals surface area contributed by atoms with Crippen molar-refractivity contribution in [3.8, 4) is 0 Å². The molecule has 2 rings (SSSR count). The fourth-order valence-corrected chi connectivity index (χ4v) is 3.06. The Morgan fingerprint density at radius 2 is 1.75 bits per heavy atom. The number of primary amides is 1. The lowest BCUT2D eigenvalue weighted by atomic mass is 9.57. The lowest BCUT2D eigenvalue weighted by molar-refractivity contribution is -0.196. The number of amides is 1. The third-order valence-electron chi connectivity index (χ3n) is 4.85. The van der Waals surface area contributed by atoms with Crippen molar-refractivity contribution in [1.29, 1.82) is 0 Å². The summed E-state index contributed by atoms with van der Waals surface area (Å²) in [5.74, 6) is -2.03. The quantitative estimate of drug-likeness (QED) is 0.516. The lowest BCUT2D eigenvalue weighted by Gasteiger charge is -2.47. The van der Waals surface area contributed by atoms with E-state index >= 15 is 0 Å². The van der Waals surface area contributed by atoms with E-state index in [1.807, 2.05) is 0 Å². The van der Waals surface area contributed by atoms with Crippen LogP contribution in [0.2, 0.25) is 0 Å². The lowest BCUT2D eigenvalue weighted by Crippen LogP contribution is -2.61. The molecule has 2 aliphatic rings. The largest absolute Gasteiger partial charge is 0.392 e. The summed E-state index contributed by atoms with van der Waals surface area (Å²) in [6.07, 6.45) is 0.740. The molecule has 1 saturated heterocycles. The Labute approximate surface area is 93.3 Å². The molecule has 1 aliphatic heterocycles. The molecule has 2 atom stereocenters. The summed E-state index contributed by atoms with van der Waals surface area (Å²) >= 11 is 0. The smallest absolute Gasteiger partial charge is 0.329 e. The Morgan fingerprint density at radius 1 is 1.19 bits per heavy atom. The van der Waals surface area contributed by atoms with Crippen molar-refractivity contribution in [2.24, 2.45) is 22.0 Å². The Balaban J connectivity index is 2.69. The van der Waals surface area contributed by atoms with E-state index in [0.717, 1.165) is 0 Å². The highest BCUT2D eigenvalue weighted by atomic mass is 16.6. The predicted octanol–water partition coefficient (Wildman–Crippen LogP) is 0.368. The highest BCUT2D eigenvalue weighted by Gasteiger charge is 2.74. The molecule has 0 aromatic carbocycles. The van der Waals surface area contributed by atoms with Crippen molar-refractivity contribution in [3.63, 3.8) is 0 Å². The Hall–Kier alpha value is -1.39. The van der Waals surface area contributed by atoms with Crippen molar-refractivity contribution in [3.05, 3.63) is 0 Å². The average Bonchev–Trinajstić information content (AvgIpc) is 2.29. The van der Waals surface area contributed by atoms with Crippen molar-refractivity contribution >= 4 is 17.8 Å². The normalized spacial score (nSPS) is 40.7. The first-order valence-corrected chi connectivity index (χ1v) is 5.27. The standard InChI is InChI=1S/C11H15NO4/c1-9(2)10(3)4-5-11(9,6(12)13)8(15)16-7(10)14/h4-5H2,1-3H3,(H2,12,13)/t10-,11+/m0/s1. The Bertz CT molecular complexity index is 414. The van der Waals surface area contributed by atoms with Gasteiger partial charge in [0.15, 0.2) is 5.41 Å². The van der Waals surface area contributed by atoms with Gasteiger partial charge in [-0.05, 0) is 19.8 Å². The molecule has 0 aromatic heterocycles. The number of esters is 2. The van der Waals surface area contributed by atoms with E-state index in [2.05, 4.69) is 0 Å². The summed E-state index contributed by atoms with van der Waals surface area (Å²) in [5, 5.41) is 0. The number of ether oxygens (including phenoxy) is 1. The van der Waals surface area contributed by atoms with Gasteiger partial charge in [-0.25, -0.2) is 0 Å². The van der Waals surface area contributed by atoms with Crippen LogP contribution in [0, 0.1) is 16.2 Å². The zero-order valence-electron chi connectivity index (χ0n) is 9.62. The predicted molar refractivity (Wildman–Crippen MR) is 53.8 cm³/mol. The molecular weight excluding hydrogens is 210 g/mol. The van der Waals surface area contributed by atoms with Crippen LogP contribution in [-0.4, -0.2) is 17.8 Å². The molecule has 2 bridgehead atoms. The summed E-state index contributed by atoms with van der Waals surface area (Å²) in [7, 11) is 0. The topological polar surface area (TPSA) is 86.5 Å². The molecule has 5 heteroatoms. The van der Waals surface area contributed by atoms with Crippen LogP contribution in [0.1, 0.15) is 33.6 Å². The summed E-state index contributed by atoms with van der Waals surface area (Å²) in [4.78, 5) is 35.2. The zero-order valence-corrected chi connectivity index (χ0v) is 9.62. The zero-order chi connectivity index (χ0) is 12.4. The van der Waals surface area contributed by atoms with Crippen LogP contribution in [-0.2, 0) is 19.1 Å². The molecule has 0 unspecified atom stereocenters. The van der Waals surface area contributed by atoms with Crippen molar-refractivity contribution < 1.29 is 19.1 Å². The van der Waals surface area contributed by atoms with E-state index in [4.69, 9.17) is 10.5 Å². The molecule has 1 saturated carbocycles. The van der Waals surface area contributed by atoms with Crippen LogP contribution < -0.4 is 5.73 Å². The summed E-state index contributed by atoms with van der Waals surface area (Å²) < 4.78 is 4.70. The van der Waals surface area contributed by atoms with Gasteiger partial charge in [0.1, 0.15) is 0 Å². The fraction of sp³-hybridized carbons (Fsp3) is 0.727. The molecule has 1 aliphatic carbocycles. The van der Waals surface area contributed by atoms with Crippen LogP contribution in [0.3, 0.4) is 0 Å². The molecule has 5 nitrogen and oxygen atoms in total. The molecule has 2 fully saturated rings. The van der Waals surface area contributed by atoms with Crippen LogP contribution in [0.15, 0.2) is 0 Å². The second kappa shape index (κ2) is 2.64. The van der Waals surface area contributed by atoms with Crippen molar-refractivity contribution in [1.82, 2.24) is 0 Å². The SMILES string of the molecule is CC1(C)[C@@]2(C(N)=O)CC[C@@]1(C)C(=O)OC2=O. The minimum absolute atomic E-state index is 0.288. The van der Waals surface area contributed by atoms with Crippen LogP contribution in [0.4, 0.5) is 0 Å². The third-order valence-corrected chi connectivity index (χ3v) is 4.85. The first-order valence-electron chi connectivity index (χ1n) is 5.27. The maximum atomic E-state index is 11.8. The second-order valence-corrected chi connectivity index (χ2v) is 5.40. The van der Waals surface area contributed by atoms with Gasteiger partial charge in [-0.3, -0.25) is 14.4 Å². The van der Waals surface area contributed by atoms with Gasteiger partial charge in [0, 0.05) is 5.41 Å². The van der Waals surface area contributed by atoms with Crippen LogP contribution in [0.5, 0.6) is 0 Å². The molecule has 1 heterocycles. The van der Waals surface area contributed by atoms with E-state index in [-0.39, 0.29) is 6.42 Å². The first kappa shape index (κ1) is 11.1.